The molecule has 0 aliphatic heterocycles. The van der Waals surface area contributed by atoms with E-state index in [4.69, 9.17) is 15.3 Å². The molecule has 3 nitrogen and oxygen atoms in total. The van der Waals surface area contributed by atoms with Crippen molar-refractivity contribution in [2.24, 2.45) is 5.92 Å². The molecule has 0 spiro atoms. The Hall–Kier alpha value is -2.10. The first kappa shape index (κ1) is 12.4. The monoisotopic (exact) mass is 238 g/mol. The summed E-state index contributed by atoms with van der Waals surface area (Å²) >= 11 is 0. The van der Waals surface area contributed by atoms with E-state index >= 15 is 0 Å². The Balaban J connectivity index is 1.98. The molecule has 2 rings (SSSR count). The highest BCUT2D eigenvalue weighted by atomic mass is 16.5. The van der Waals surface area contributed by atoms with Crippen molar-refractivity contribution in [3.8, 4) is 12.1 Å². The number of hydrogen-bond acceptors (Lipinski definition) is 3. The van der Waals surface area contributed by atoms with E-state index in [2.05, 4.69) is 0 Å². The molecule has 0 saturated heterocycles. The van der Waals surface area contributed by atoms with Crippen molar-refractivity contribution in [1.29, 1.82) is 10.5 Å². The van der Waals surface area contributed by atoms with E-state index in [0.29, 0.717) is 6.61 Å². The fourth-order valence-corrected chi connectivity index (χ4v) is 1.66. The van der Waals surface area contributed by atoms with Crippen LogP contribution in [-0.2, 0) is 11.3 Å². The van der Waals surface area contributed by atoms with E-state index in [0.717, 1.165) is 23.7 Å². The summed E-state index contributed by atoms with van der Waals surface area (Å²) in [5.41, 5.74) is 2.05. The second kappa shape index (κ2) is 6.00. The summed E-state index contributed by atoms with van der Waals surface area (Å²) in [6, 6.07) is 11.4. The van der Waals surface area contributed by atoms with Gasteiger partial charge in [0.2, 0.25) is 0 Å². The maximum absolute atomic E-state index is 8.70. The minimum Gasteiger partial charge on any atom is -0.376 e. The van der Waals surface area contributed by atoms with Crippen molar-refractivity contribution < 1.29 is 4.74 Å². The minimum atomic E-state index is 0.117. The van der Waals surface area contributed by atoms with Gasteiger partial charge in [0.25, 0.3) is 0 Å². The summed E-state index contributed by atoms with van der Waals surface area (Å²) in [5, 5.41) is 17.4. The first-order valence-corrected chi connectivity index (χ1v) is 6.00. The fourth-order valence-electron chi connectivity index (χ4n) is 1.66. The summed E-state index contributed by atoms with van der Waals surface area (Å²) in [5.74, 6) is 0.761. The zero-order chi connectivity index (χ0) is 12.8. The zero-order valence-corrected chi connectivity index (χ0v) is 10.1. The molecular weight excluding hydrogens is 224 g/mol. The van der Waals surface area contributed by atoms with Crippen LogP contribution < -0.4 is 0 Å². The Morgan fingerprint density at radius 2 is 2.11 bits per heavy atom. The predicted molar refractivity (Wildman–Crippen MR) is 68.0 cm³/mol. The molecule has 90 valence electrons. The number of allylic oxidation sites excluding steroid dienone is 1. The van der Waals surface area contributed by atoms with Crippen molar-refractivity contribution in [1.82, 2.24) is 0 Å². The van der Waals surface area contributed by atoms with E-state index in [1.807, 2.05) is 36.4 Å². The summed E-state index contributed by atoms with van der Waals surface area (Å²) in [4.78, 5) is 0. The quantitative estimate of drug-likeness (QED) is 0.741. The van der Waals surface area contributed by atoms with Crippen LogP contribution in [-0.4, -0.2) is 6.61 Å². The molecule has 0 atom stereocenters. The molecule has 1 saturated carbocycles. The third-order valence-corrected chi connectivity index (χ3v) is 2.82. The van der Waals surface area contributed by atoms with Gasteiger partial charge in [-0.3, -0.25) is 0 Å². The summed E-state index contributed by atoms with van der Waals surface area (Å²) < 4.78 is 5.61. The number of benzene rings is 1. The molecule has 1 aromatic carbocycles. The van der Waals surface area contributed by atoms with Gasteiger partial charge in [-0.25, -0.2) is 0 Å². The second-order valence-electron chi connectivity index (χ2n) is 4.49. The summed E-state index contributed by atoms with van der Waals surface area (Å²) in [6.07, 6.45) is 4.16. The smallest absolute Gasteiger partial charge is 0.130 e. The number of nitrogens with zero attached hydrogens (tertiary/aromatic N) is 2. The highest BCUT2D eigenvalue weighted by molar-refractivity contribution is 5.62. The summed E-state index contributed by atoms with van der Waals surface area (Å²) in [7, 11) is 0. The molecule has 0 heterocycles. The van der Waals surface area contributed by atoms with Crippen molar-refractivity contribution in [3.63, 3.8) is 0 Å². The number of ether oxygens (including phenoxy) is 1. The maximum Gasteiger partial charge on any atom is 0.130 e. The fraction of sp³-hybridized carbons (Fsp3) is 0.333. The Labute approximate surface area is 107 Å². The second-order valence-corrected chi connectivity index (χ2v) is 4.49. The van der Waals surface area contributed by atoms with E-state index < -0.39 is 0 Å². The van der Waals surface area contributed by atoms with Gasteiger partial charge in [-0.2, -0.15) is 10.5 Å². The van der Waals surface area contributed by atoms with Crippen LogP contribution >= 0.6 is 0 Å². The Kier molecular flexibility index (Phi) is 4.12. The standard InChI is InChI=1S/C15H14N2O/c16-8-15(9-17)7-13-2-1-3-14(6-13)11-18-10-12-4-5-12/h1-3,6-7,12H,4-5,10-11H2. The highest BCUT2D eigenvalue weighted by Crippen LogP contribution is 2.29. The van der Waals surface area contributed by atoms with Crippen molar-refractivity contribution >= 4 is 6.08 Å². The lowest BCUT2D eigenvalue weighted by molar-refractivity contribution is 0.111. The zero-order valence-electron chi connectivity index (χ0n) is 10.1. The molecule has 1 aliphatic rings. The van der Waals surface area contributed by atoms with Gasteiger partial charge in [0.15, 0.2) is 0 Å². The van der Waals surface area contributed by atoms with E-state index in [9.17, 15) is 0 Å². The molecule has 1 aliphatic carbocycles. The Morgan fingerprint density at radius 1 is 1.33 bits per heavy atom. The van der Waals surface area contributed by atoms with Gasteiger partial charge in [-0.15, -0.1) is 0 Å². The average molecular weight is 238 g/mol. The van der Waals surface area contributed by atoms with Gasteiger partial charge in [0.05, 0.1) is 6.61 Å². The number of nitriles is 2. The van der Waals surface area contributed by atoms with Gasteiger partial charge in [-0.1, -0.05) is 18.2 Å². The van der Waals surface area contributed by atoms with Crippen molar-refractivity contribution in [3.05, 3.63) is 41.0 Å². The lowest BCUT2D eigenvalue weighted by Gasteiger charge is -2.04. The summed E-state index contributed by atoms with van der Waals surface area (Å²) in [6.45, 7) is 1.42. The van der Waals surface area contributed by atoms with Gasteiger partial charge in [-0.05, 0) is 42.0 Å². The predicted octanol–water partition coefficient (Wildman–Crippen LogP) is 3.04. The van der Waals surface area contributed by atoms with Crippen molar-refractivity contribution in [2.75, 3.05) is 6.61 Å². The van der Waals surface area contributed by atoms with E-state index in [1.54, 1.807) is 6.08 Å². The van der Waals surface area contributed by atoms with Crippen LogP contribution in [0.25, 0.3) is 6.08 Å². The van der Waals surface area contributed by atoms with Crippen LogP contribution in [0.15, 0.2) is 29.8 Å². The van der Waals surface area contributed by atoms with Gasteiger partial charge in [0.1, 0.15) is 17.7 Å². The third kappa shape index (κ3) is 3.73. The van der Waals surface area contributed by atoms with Gasteiger partial charge < -0.3 is 4.74 Å². The molecule has 1 fully saturated rings. The molecule has 0 bridgehead atoms. The first-order valence-electron chi connectivity index (χ1n) is 6.00. The molecule has 0 aromatic heterocycles. The topological polar surface area (TPSA) is 56.8 Å². The lowest BCUT2D eigenvalue weighted by Crippen LogP contribution is -1.97. The van der Waals surface area contributed by atoms with Crippen LogP contribution in [0.1, 0.15) is 24.0 Å². The largest absolute Gasteiger partial charge is 0.376 e. The van der Waals surface area contributed by atoms with Crippen LogP contribution in [0.4, 0.5) is 0 Å². The van der Waals surface area contributed by atoms with Crippen LogP contribution in [0, 0.1) is 28.6 Å². The molecule has 3 heteroatoms. The first-order chi connectivity index (χ1) is 8.81. The molecule has 0 N–H and O–H groups in total. The van der Waals surface area contributed by atoms with Crippen LogP contribution in [0.3, 0.4) is 0 Å². The SMILES string of the molecule is N#CC(C#N)=Cc1cccc(COCC2CC2)c1. The Morgan fingerprint density at radius 3 is 2.78 bits per heavy atom. The minimum absolute atomic E-state index is 0.117. The number of rotatable bonds is 5. The molecular formula is C15H14N2O. The van der Waals surface area contributed by atoms with Gasteiger partial charge >= 0.3 is 0 Å². The molecule has 0 unspecified atom stereocenters. The number of hydrogen-bond donors (Lipinski definition) is 0. The molecule has 0 radical (unpaired) electrons. The molecule has 18 heavy (non-hydrogen) atoms. The van der Waals surface area contributed by atoms with E-state index in [-0.39, 0.29) is 5.57 Å². The average Bonchev–Trinajstić information content (AvgIpc) is 3.20. The van der Waals surface area contributed by atoms with Crippen LogP contribution in [0.2, 0.25) is 0 Å². The maximum atomic E-state index is 8.70. The highest BCUT2D eigenvalue weighted by Gasteiger charge is 2.20. The molecule has 1 aromatic rings. The van der Waals surface area contributed by atoms with Gasteiger partial charge in [0, 0.05) is 6.61 Å². The van der Waals surface area contributed by atoms with Crippen LogP contribution in [0.5, 0.6) is 0 Å². The third-order valence-electron chi connectivity index (χ3n) is 2.82. The Bertz CT molecular complexity index is 514. The molecule has 0 amide bonds. The normalized spacial score (nSPS) is 13.4. The lowest BCUT2D eigenvalue weighted by atomic mass is 10.1. The van der Waals surface area contributed by atoms with E-state index in [1.165, 1.54) is 12.8 Å². The van der Waals surface area contributed by atoms with Crippen molar-refractivity contribution in [2.45, 2.75) is 19.4 Å².